The molecule has 102 valence electrons. The normalized spacial score (nSPS) is 10.8. The molecule has 19 heavy (non-hydrogen) atoms. The molecule has 0 saturated heterocycles. The summed E-state index contributed by atoms with van der Waals surface area (Å²) in [5.41, 5.74) is 5.27. The Morgan fingerprint density at radius 2 is 2.21 bits per heavy atom. The summed E-state index contributed by atoms with van der Waals surface area (Å²) in [4.78, 5) is 14.4. The van der Waals surface area contributed by atoms with E-state index in [1.165, 1.54) is 12.3 Å². The minimum Gasteiger partial charge on any atom is -0.358 e. The number of nitrogens with zero attached hydrogens (tertiary/aromatic N) is 3. The molecule has 0 aliphatic carbocycles. The quantitative estimate of drug-likeness (QED) is 0.596. The molecule has 1 aromatic heterocycles. The van der Waals surface area contributed by atoms with E-state index in [9.17, 15) is 10.1 Å². The summed E-state index contributed by atoms with van der Waals surface area (Å²) in [7, 11) is 0. The summed E-state index contributed by atoms with van der Waals surface area (Å²) >= 11 is 0. The lowest BCUT2D eigenvalue weighted by Gasteiger charge is -2.31. The van der Waals surface area contributed by atoms with Crippen molar-refractivity contribution in [2.75, 3.05) is 11.9 Å². The molecule has 3 N–H and O–H groups in total. The second kappa shape index (κ2) is 6.11. The van der Waals surface area contributed by atoms with Crippen molar-refractivity contribution < 1.29 is 4.92 Å². The highest BCUT2D eigenvalue weighted by Gasteiger charge is 2.28. The fourth-order valence-corrected chi connectivity index (χ4v) is 1.77. The third-order valence-corrected chi connectivity index (χ3v) is 3.32. The van der Waals surface area contributed by atoms with Crippen LogP contribution in [0.5, 0.6) is 0 Å². The van der Waals surface area contributed by atoms with Crippen molar-refractivity contribution in [2.24, 2.45) is 5.73 Å². The molecule has 1 heterocycles. The van der Waals surface area contributed by atoms with Gasteiger partial charge >= 0.3 is 5.69 Å². The Bertz CT molecular complexity index is 497. The van der Waals surface area contributed by atoms with E-state index in [-0.39, 0.29) is 17.1 Å². The molecule has 0 aromatic carbocycles. The van der Waals surface area contributed by atoms with E-state index in [1.54, 1.807) is 0 Å². The average molecular weight is 263 g/mol. The van der Waals surface area contributed by atoms with Gasteiger partial charge in [-0.05, 0) is 12.8 Å². The summed E-state index contributed by atoms with van der Waals surface area (Å²) in [6.07, 6.45) is 2.75. The molecular weight excluding hydrogens is 246 g/mol. The van der Waals surface area contributed by atoms with Gasteiger partial charge in [-0.2, -0.15) is 5.26 Å². The first kappa shape index (κ1) is 14.9. The number of nitro groups is 1. The van der Waals surface area contributed by atoms with E-state index in [1.807, 2.05) is 19.9 Å². The number of nitriles is 1. The lowest BCUT2D eigenvalue weighted by molar-refractivity contribution is -0.384. The highest BCUT2D eigenvalue weighted by molar-refractivity contribution is 5.59. The van der Waals surface area contributed by atoms with Crippen molar-refractivity contribution in [1.29, 1.82) is 5.26 Å². The molecule has 0 aliphatic heterocycles. The van der Waals surface area contributed by atoms with Gasteiger partial charge in [0.25, 0.3) is 0 Å². The topological polar surface area (TPSA) is 118 Å². The van der Waals surface area contributed by atoms with Gasteiger partial charge in [0.15, 0.2) is 0 Å². The molecule has 1 rings (SSSR count). The predicted molar refractivity (Wildman–Crippen MR) is 71.6 cm³/mol. The first-order chi connectivity index (χ1) is 9.01. The summed E-state index contributed by atoms with van der Waals surface area (Å²) < 4.78 is 0. The zero-order valence-electron chi connectivity index (χ0n) is 11.0. The maximum Gasteiger partial charge on any atom is 0.312 e. The van der Waals surface area contributed by atoms with Gasteiger partial charge in [-0.3, -0.25) is 10.1 Å². The molecule has 0 spiro atoms. The molecule has 0 amide bonds. The Kier molecular flexibility index (Phi) is 4.78. The van der Waals surface area contributed by atoms with Crippen LogP contribution in [-0.2, 0) is 0 Å². The molecule has 0 aliphatic rings. The molecule has 0 fully saturated rings. The monoisotopic (exact) mass is 263 g/mol. The van der Waals surface area contributed by atoms with Crippen LogP contribution < -0.4 is 11.1 Å². The Labute approximate surface area is 111 Å². The Balaban J connectivity index is 3.20. The van der Waals surface area contributed by atoms with Gasteiger partial charge in [-0.15, -0.1) is 0 Å². The number of nitrogens with one attached hydrogen (secondary N) is 1. The van der Waals surface area contributed by atoms with E-state index in [4.69, 9.17) is 11.0 Å². The number of rotatable bonds is 6. The first-order valence-corrected chi connectivity index (χ1v) is 6.04. The summed E-state index contributed by atoms with van der Waals surface area (Å²) in [5, 5.41) is 22.8. The molecule has 0 unspecified atom stereocenters. The van der Waals surface area contributed by atoms with Crippen molar-refractivity contribution in [2.45, 2.75) is 32.2 Å². The Morgan fingerprint density at radius 1 is 1.58 bits per heavy atom. The van der Waals surface area contributed by atoms with Gasteiger partial charge in [0, 0.05) is 18.8 Å². The fourth-order valence-electron chi connectivity index (χ4n) is 1.77. The van der Waals surface area contributed by atoms with Crippen LogP contribution in [0.1, 0.15) is 32.3 Å². The van der Waals surface area contributed by atoms with Crippen LogP contribution in [0.4, 0.5) is 11.5 Å². The molecular formula is C12H17N5O2. The van der Waals surface area contributed by atoms with Crippen LogP contribution in [0.15, 0.2) is 12.3 Å². The second-order valence-corrected chi connectivity index (χ2v) is 4.28. The summed E-state index contributed by atoms with van der Waals surface area (Å²) in [6.45, 7) is 4.26. The van der Waals surface area contributed by atoms with Crippen LogP contribution in [0.25, 0.3) is 0 Å². The van der Waals surface area contributed by atoms with Crippen molar-refractivity contribution in [3.8, 4) is 6.07 Å². The Hall–Kier alpha value is -2.20. The second-order valence-electron chi connectivity index (χ2n) is 4.28. The summed E-state index contributed by atoms with van der Waals surface area (Å²) in [6, 6.07) is 3.05. The predicted octanol–water partition coefficient (Wildman–Crippen LogP) is 1.79. The van der Waals surface area contributed by atoms with Gasteiger partial charge < -0.3 is 11.1 Å². The average Bonchev–Trinajstić information content (AvgIpc) is 2.45. The van der Waals surface area contributed by atoms with Gasteiger partial charge in [0.1, 0.15) is 6.07 Å². The smallest absolute Gasteiger partial charge is 0.312 e. The number of anilines is 1. The molecule has 0 saturated carbocycles. The van der Waals surface area contributed by atoms with Crippen LogP contribution in [0.2, 0.25) is 0 Å². The lowest BCUT2D eigenvalue weighted by Crippen LogP contribution is -2.44. The number of hydrogen-bond acceptors (Lipinski definition) is 6. The standard InChI is InChI=1S/C12H17N5O2/c1-3-12(4-2,8-14)16-11-10(17(18)19)5-9(6-13)7-15-11/h5,7H,3-4,8,14H2,1-2H3,(H,15,16). The maximum atomic E-state index is 11.0. The summed E-state index contributed by atoms with van der Waals surface area (Å²) in [5.74, 6) is 0.151. The molecule has 0 atom stereocenters. The number of nitrogens with two attached hydrogens (primary N) is 1. The minimum atomic E-state index is -0.553. The highest BCUT2D eigenvalue weighted by atomic mass is 16.6. The highest BCUT2D eigenvalue weighted by Crippen LogP contribution is 2.28. The molecule has 7 nitrogen and oxygen atoms in total. The molecule has 7 heteroatoms. The third-order valence-electron chi connectivity index (χ3n) is 3.32. The van der Waals surface area contributed by atoms with Gasteiger partial charge in [-0.1, -0.05) is 13.8 Å². The van der Waals surface area contributed by atoms with Gasteiger partial charge in [0.05, 0.1) is 16.0 Å². The number of aromatic nitrogens is 1. The van der Waals surface area contributed by atoms with E-state index in [2.05, 4.69) is 10.3 Å². The van der Waals surface area contributed by atoms with Crippen LogP contribution in [0, 0.1) is 21.4 Å². The van der Waals surface area contributed by atoms with Crippen molar-refractivity contribution >= 4 is 11.5 Å². The first-order valence-electron chi connectivity index (χ1n) is 6.04. The van der Waals surface area contributed by atoms with Crippen molar-refractivity contribution in [3.63, 3.8) is 0 Å². The van der Waals surface area contributed by atoms with E-state index < -0.39 is 10.5 Å². The maximum absolute atomic E-state index is 11.0. The molecule has 0 radical (unpaired) electrons. The third kappa shape index (κ3) is 3.17. The number of pyridine rings is 1. The zero-order chi connectivity index (χ0) is 14.5. The van der Waals surface area contributed by atoms with Gasteiger partial charge in [-0.25, -0.2) is 4.98 Å². The van der Waals surface area contributed by atoms with E-state index >= 15 is 0 Å². The van der Waals surface area contributed by atoms with Crippen molar-refractivity contribution in [3.05, 3.63) is 27.9 Å². The SMILES string of the molecule is CCC(CC)(CN)Nc1ncc(C#N)cc1[N+](=O)[O-]. The fraction of sp³-hybridized carbons (Fsp3) is 0.500. The largest absolute Gasteiger partial charge is 0.358 e. The zero-order valence-corrected chi connectivity index (χ0v) is 11.0. The van der Waals surface area contributed by atoms with Crippen molar-refractivity contribution in [1.82, 2.24) is 4.98 Å². The van der Waals surface area contributed by atoms with E-state index in [0.717, 1.165) is 12.8 Å². The van der Waals surface area contributed by atoms with Crippen LogP contribution in [-0.4, -0.2) is 22.0 Å². The Morgan fingerprint density at radius 3 is 2.63 bits per heavy atom. The van der Waals surface area contributed by atoms with Crippen LogP contribution in [0.3, 0.4) is 0 Å². The van der Waals surface area contributed by atoms with Gasteiger partial charge in [0.2, 0.25) is 5.82 Å². The number of hydrogen-bond donors (Lipinski definition) is 2. The lowest BCUT2D eigenvalue weighted by atomic mass is 9.93. The van der Waals surface area contributed by atoms with E-state index in [0.29, 0.717) is 6.54 Å². The molecule has 1 aromatic rings. The van der Waals surface area contributed by atoms with Crippen LogP contribution >= 0.6 is 0 Å². The molecule has 0 bridgehead atoms. The minimum absolute atomic E-state index is 0.151.